The Morgan fingerprint density at radius 2 is 1.94 bits per heavy atom. The summed E-state index contributed by atoms with van der Waals surface area (Å²) in [6, 6.07) is 3.31. The molecule has 1 aromatic rings. The summed E-state index contributed by atoms with van der Waals surface area (Å²) in [6.07, 6.45) is -3.37. The summed E-state index contributed by atoms with van der Waals surface area (Å²) in [7, 11) is 0. The number of ketones is 1. The fourth-order valence-corrected chi connectivity index (χ4v) is 1.98. The maximum absolute atomic E-state index is 12.5. The zero-order valence-electron chi connectivity index (χ0n) is 8.14. The molecule has 16 heavy (non-hydrogen) atoms. The Morgan fingerprint density at radius 3 is 2.38 bits per heavy atom. The van der Waals surface area contributed by atoms with Crippen molar-refractivity contribution >= 4 is 17.4 Å². The molecule has 1 nitrogen and oxygen atoms in total. The minimum absolute atomic E-state index is 0.0181. The number of hydrogen-bond donors (Lipinski definition) is 0. The quantitative estimate of drug-likeness (QED) is 0.739. The van der Waals surface area contributed by atoms with Crippen LogP contribution in [-0.4, -0.2) is 5.78 Å². The smallest absolute Gasteiger partial charge is 0.299 e. The second-order valence-corrected chi connectivity index (χ2v) is 4.27. The molecule has 0 aromatic heterocycles. The lowest BCUT2D eigenvalue weighted by Crippen LogP contribution is -2.23. The fraction of sp³-hybridized carbons (Fsp3) is 0.364. The van der Waals surface area contributed by atoms with E-state index in [0.717, 1.165) is 12.1 Å². The normalized spacial score (nSPS) is 20.8. The van der Waals surface area contributed by atoms with Gasteiger partial charge in [0, 0.05) is 17.4 Å². The molecule has 1 saturated carbocycles. The molecule has 1 atom stereocenters. The third kappa shape index (κ3) is 2.07. The topological polar surface area (TPSA) is 17.1 Å². The van der Waals surface area contributed by atoms with Crippen molar-refractivity contribution in [3.05, 3.63) is 34.3 Å². The predicted molar refractivity (Wildman–Crippen MR) is 53.4 cm³/mol. The van der Waals surface area contributed by atoms with Gasteiger partial charge in [-0.15, -0.1) is 0 Å². The molecular weight excluding hydrogens is 241 g/mol. The zero-order chi connectivity index (χ0) is 11.9. The Balaban J connectivity index is 2.40. The number of benzene rings is 1. The van der Waals surface area contributed by atoms with Crippen molar-refractivity contribution in [1.29, 1.82) is 0 Å². The van der Waals surface area contributed by atoms with Crippen LogP contribution in [0.1, 0.15) is 29.9 Å². The summed E-state index contributed by atoms with van der Waals surface area (Å²) < 4.78 is 37.5. The molecule has 0 bridgehead atoms. The van der Waals surface area contributed by atoms with Crippen molar-refractivity contribution in [3.8, 4) is 0 Å². The Kier molecular flexibility index (Phi) is 2.70. The van der Waals surface area contributed by atoms with Gasteiger partial charge in [-0.1, -0.05) is 11.6 Å². The number of carbonyl (C=O) groups is 1. The Labute approximate surface area is 95.2 Å². The van der Waals surface area contributed by atoms with E-state index >= 15 is 0 Å². The van der Waals surface area contributed by atoms with Crippen molar-refractivity contribution in [2.24, 2.45) is 0 Å². The van der Waals surface area contributed by atoms with Gasteiger partial charge in [-0.25, -0.2) is 0 Å². The summed E-state index contributed by atoms with van der Waals surface area (Å²) in [5.74, 6) is -0.421. The minimum Gasteiger partial charge on any atom is -0.299 e. The minimum atomic E-state index is -4.42. The van der Waals surface area contributed by atoms with Crippen molar-refractivity contribution in [2.75, 3.05) is 0 Å². The molecule has 5 heteroatoms. The van der Waals surface area contributed by atoms with Gasteiger partial charge in [-0.3, -0.25) is 4.79 Å². The lowest BCUT2D eigenvalue weighted by molar-refractivity contribution is -0.137. The van der Waals surface area contributed by atoms with Crippen LogP contribution in [-0.2, 0) is 11.0 Å². The second kappa shape index (κ2) is 3.77. The van der Waals surface area contributed by atoms with E-state index in [2.05, 4.69) is 0 Å². The highest BCUT2D eigenvalue weighted by atomic mass is 35.5. The molecule has 2 rings (SSSR count). The Bertz CT molecular complexity index is 439. The lowest BCUT2D eigenvalue weighted by Gasteiger charge is -2.25. The molecule has 0 heterocycles. The van der Waals surface area contributed by atoms with Crippen LogP contribution in [0.3, 0.4) is 0 Å². The van der Waals surface area contributed by atoms with Gasteiger partial charge < -0.3 is 0 Å². The molecule has 0 spiro atoms. The van der Waals surface area contributed by atoms with E-state index in [1.165, 1.54) is 6.07 Å². The zero-order valence-corrected chi connectivity index (χ0v) is 8.90. The summed E-state index contributed by atoms with van der Waals surface area (Å²) in [5, 5.41) is 0.0181. The van der Waals surface area contributed by atoms with Crippen LogP contribution in [0.15, 0.2) is 18.2 Å². The molecule has 1 fully saturated rings. The molecular formula is C11H8ClF3O. The number of rotatable bonds is 1. The van der Waals surface area contributed by atoms with Crippen LogP contribution in [0, 0.1) is 0 Å². The number of Topliss-reactive ketones (excluding diaryl/α,β-unsaturated/α-hetero) is 1. The second-order valence-electron chi connectivity index (χ2n) is 3.83. The molecule has 86 valence electrons. The Morgan fingerprint density at radius 1 is 1.25 bits per heavy atom. The van der Waals surface area contributed by atoms with Crippen LogP contribution >= 0.6 is 11.6 Å². The van der Waals surface area contributed by atoms with Crippen LogP contribution in [0.4, 0.5) is 13.2 Å². The van der Waals surface area contributed by atoms with Gasteiger partial charge in [0.25, 0.3) is 0 Å². The first-order valence-electron chi connectivity index (χ1n) is 4.78. The molecule has 0 saturated heterocycles. The number of alkyl halides is 3. The van der Waals surface area contributed by atoms with Gasteiger partial charge in [-0.2, -0.15) is 13.2 Å². The molecule has 0 N–H and O–H groups in total. The number of halogens is 4. The maximum Gasteiger partial charge on any atom is 0.416 e. The third-order valence-corrected chi connectivity index (χ3v) is 2.94. The number of hydrogen-bond acceptors (Lipinski definition) is 1. The van der Waals surface area contributed by atoms with Crippen LogP contribution in [0.25, 0.3) is 0 Å². The first-order chi connectivity index (χ1) is 7.38. The predicted octanol–water partition coefficient (Wildman–Crippen LogP) is 3.81. The van der Waals surface area contributed by atoms with E-state index in [1.54, 1.807) is 0 Å². The van der Waals surface area contributed by atoms with Gasteiger partial charge >= 0.3 is 6.18 Å². The highest BCUT2D eigenvalue weighted by molar-refractivity contribution is 6.30. The van der Waals surface area contributed by atoms with Gasteiger partial charge in [0.05, 0.1) is 5.56 Å². The molecule has 1 unspecified atom stereocenters. The lowest BCUT2D eigenvalue weighted by atomic mass is 9.78. The molecule has 0 amide bonds. The van der Waals surface area contributed by atoms with Gasteiger partial charge in [0.1, 0.15) is 5.78 Å². The molecule has 1 aromatic carbocycles. The summed E-state index contributed by atoms with van der Waals surface area (Å²) in [5.41, 5.74) is -0.425. The SMILES string of the molecule is O=C1CCC1c1cc(Cl)cc(C(F)(F)F)c1. The standard InChI is InChI=1S/C11H8ClF3O/c12-8-4-6(9-1-2-10(9)16)3-7(5-8)11(13,14)15/h3-5,9H,1-2H2. The van der Waals surface area contributed by atoms with Crippen LogP contribution in [0.5, 0.6) is 0 Å². The molecule has 1 aliphatic carbocycles. The largest absolute Gasteiger partial charge is 0.416 e. The molecule has 0 radical (unpaired) electrons. The van der Waals surface area contributed by atoms with E-state index in [1.807, 2.05) is 0 Å². The molecule has 1 aliphatic rings. The third-order valence-electron chi connectivity index (χ3n) is 2.72. The maximum atomic E-state index is 12.5. The average molecular weight is 249 g/mol. The molecule has 0 aliphatic heterocycles. The first-order valence-corrected chi connectivity index (χ1v) is 5.16. The highest BCUT2D eigenvalue weighted by Gasteiger charge is 2.34. The Hall–Kier alpha value is -1.03. The van der Waals surface area contributed by atoms with E-state index < -0.39 is 17.7 Å². The van der Waals surface area contributed by atoms with Crippen molar-refractivity contribution < 1.29 is 18.0 Å². The van der Waals surface area contributed by atoms with E-state index in [0.29, 0.717) is 18.4 Å². The summed E-state index contributed by atoms with van der Waals surface area (Å²) in [4.78, 5) is 11.2. The van der Waals surface area contributed by atoms with Crippen LogP contribution in [0.2, 0.25) is 5.02 Å². The van der Waals surface area contributed by atoms with E-state index in [4.69, 9.17) is 11.6 Å². The van der Waals surface area contributed by atoms with Crippen molar-refractivity contribution in [3.63, 3.8) is 0 Å². The van der Waals surface area contributed by atoms with Gasteiger partial charge in [0.2, 0.25) is 0 Å². The monoisotopic (exact) mass is 248 g/mol. The van der Waals surface area contributed by atoms with Gasteiger partial charge in [0.15, 0.2) is 0 Å². The summed E-state index contributed by atoms with van der Waals surface area (Å²) in [6.45, 7) is 0. The highest BCUT2D eigenvalue weighted by Crippen LogP contribution is 2.38. The fourth-order valence-electron chi connectivity index (χ4n) is 1.74. The van der Waals surface area contributed by atoms with E-state index in [-0.39, 0.29) is 10.8 Å². The van der Waals surface area contributed by atoms with Crippen LogP contribution < -0.4 is 0 Å². The number of carbonyl (C=O) groups excluding carboxylic acids is 1. The van der Waals surface area contributed by atoms with E-state index in [9.17, 15) is 18.0 Å². The average Bonchev–Trinajstić information content (AvgIpc) is 2.13. The van der Waals surface area contributed by atoms with Crippen molar-refractivity contribution in [2.45, 2.75) is 24.9 Å². The van der Waals surface area contributed by atoms with Gasteiger partial charge in [-0.05, 0) is 30.2 Å². The first kappa shape index (κ1) is 11.5. The van der Waals surface area contributed by atoms with Crippen molar-refractivity contribution in [1.82, 2.24) is 0 Å². The summed E-state index contributed by atoms with van der Waals surface area (Å²) >= 11 is 5.62.